The zero-order valence-corrected chi connectivity index (χ0v) is 11.2. The van der Waals surface area contributed by atoms with E-state index in [0.29, 0.717) is 0 Å². The van der Waals surface area contributed by atoms with Gasteiger partial charge in [0, 0.05) is 26.5 Å². The Labute approximate surface area is 82.3 Å². The van der Waals surface area contributed by atoms with E-state index in [-0.39, 0.29) is 5.16 Å². The Morgan fingerprint density at radius 2 is 1.31 bits per heavy atom. The standard InChI is InChI=1S/C7H20O4Si2/c1-7(12(5,6)8)13(9-2,10-3)11-4/h7-8H,1-6H3. The Bertz CT molecular complexity index is 145. The molecule has 0 fully saturated rings. The van der Waals surface area contributed by atoms with E-state index in [1.807, 2.05) is 20.0 Å². The lowest BCUT2D eigenvalue weighted by atomic mass is 10.9. The van der Waals surface area contributed by atoms with Gasteiger partial charge < -0.3 is 18.1 Å². The summed E-state index contributed by atoms with van der Waals surface area (Å²) in [7, 11) is -0.221. The Balaban J connectivity index is 4.73. The van der Waals surface area contributed by atoms with Crippen LogP contribution in [-0.4, -0.2) is 43.2 Å². The van der Waals surface area contributed by atoms with Crippen LogP contribution in [0, 0.1) is 0 Å². The van der Waals surface area contributed by atoms with Gasteiger partial charge in [0.25, 0.3) is 0 Å². The van der Waals surface area contributed by atoms with Crippen molar-refractivity contribution < 1.29 is 18.1 Å². The first kappa shape index (κ1) is 13.3. The van der Waals surface area contributed by atoms with E-state index in [1.54, 1.807) is 21.3 Å². The summed E-state index contributed by atoms with van der Waals surface area (Å²) in [5.41, 5.74) is 0. The van der Waals surface area contributed by atoms with Gasteiger partial charge >= 0.3 is 8.80 Å². The van der Waals surface area contributed by atoms with Gasteiger partial charge in [0.2, 0.25) is 0 Å². The van der Waals surface area contributed by atoms with Crippen LogP contribution in [0.2, 0.25) is 18.3 Å². The molecule has 0 radical (unpaired) electrons. The van der Waals surface area contributed by atoms with Crippen molar-refractivity contribution in [3.63, 3.8) is 0 Å². The summed E-state index contributed by atoms with van der Waals surface area (Å²) in [6, 6.07) is 0. The quantitative estimate of drug-likeness (QED) is 0.708. The van der Waals surface area contributed by atoms with Crippen molar-refractivity contribution in [2.75, 3.05) is 21.3 Å². The maximum absolute atomic E-state index is 9.95. The smallest absolute Gasteiger partial charge is 0.432 e. The Morgan fingerprint density at radius 1 is 1.00 bits per heavy atom. The molecular weight excluding hydrogens is 204 g/mol. The monoisotopic (exact) mass is 224 g/mol. The highest BCUT2D eigenvalue weighted by Crippen LogP contribution is 2.30. The second-order valence-electron chi connectivity index (χ2n) is 3.59. The van der Waals surface area contributed by atoms with Crippen molar-refractivity contribution in [1.82, 2.24) is 0 Å². The van der Waals surface area contributed by atoms with Crippen molar-refractivity contribution in [3.8, 4) is 0 Å². The van der Waals surface area contributed by atoms with Crippen LogP contribution in [0.1, 0.15) is 6.92 Å². The van der Waals surface area contributed by atoms with Crippen molar-refractivity contribution >= 4 is 17.1 Å². The summed E-state index contributed by atoms with van der Waals surface area (Å²) in [5, 5.41) is -0.0278. The van der Waals surface area contributed by atoms with Crippen LogP contribution in [0.4, 0.5) is 0 Å². The van der Waals surface area contributed by atoms with Crippen molar-refractivity contribution in [3.05, 3.63) is 0 Å². The number of hydrogen-bond donors (Lipinski definition) is 1. The molecule has 0 spiro atoms. The molecule has 0 amide bonds. The minimum absolute atomic E-state index is 0.0278. The molecule has 1 N–H and O–H groups in total. The summed E-state index contributed by atoms with van der Waals surface area (Å²) in [6.45, 7) is 5.64. The predicted molar refractivity (Wildman–Crippen MR) is 55.9 cm³/mol. The van der Waals surface area contributed by atoms with Gasteiger partial charge in [-0.05, 0) is 13.1 Å². The minimum Gasteiger partial charge on any atom is -0.432 e. The van der Waals surface area contributed by atoms with Gasteiger partial charge in [-0.15, -0.1) is 0 Å². The van der Waals surface area contributed by atoms with Crippen LogP contribution < -0.4 is 0 Å². The van der Waals surface area contributed by atoms with Gasteiger partial charge in [0.05, 0.1) is 0 Å². The zero-order valence-electron chi connectivity index (χ0n) is 9.25. The molecule has 0 saturated carbocycles. The minimum atomic E-state index is -2.64. The van der Waals surface area contributed by atoms with Crippen molar-refractivity contribution in [2.24, 2.45) is 0 Å². The van der Waals surface area contributed by atoms with Crippen molar-refractivity contribution in [2.45, 2.75) is 25.2 Å². The maximum atomic E-state index is 9.95. The maximum Gasteiger partial charge on any atom is 0.502 e. The van der Waals surface area contributed by atoms with Gasteiger partial charge in [0.1, 0.15) is 0 Å². The molecule has 1 unspecified atom stereocenters. The van der Waals surface area contributed by atoms with E-state index in [4.69, 9.17) is 13.3 Å². The largest absolute Gasteiger partial charge is 0.502 e. The molecule has 0 aliphatic rings. The molecule has 0 saturated heterocycles. The first-order valence-corrected chi connectivity index (χ1v) is 9.04. The van der Waals surface area contributed by atoms with Crippen LogP contribution >= 0.6 is 0 Å². The molecule has 1 atom stereocenters. The summed E-state index contributed by atoms with van der Waals surface area (Å²) >= 11 is 0. The molecule has 0 rings (SSSR count). The van der Waals surface area contributed by atoms with E-state index in [0.717, 1.165) is 0 Å². The van der Waals surface area contributed by atoms with Crippen molar-refractivity contribution in [1.29, 1.82) is 0 Å². The van der Waals surface area contributed by atoms with Gasteiger partial charge in [-0.25, -0.2) is 0 Å². The van der Waals surface area contributed by atoms with E-state index in [9.17, 15) is 4.80 Å². The Morgan fingerprint density at radius 3 is 1.38 bits per heavy atom. The molecule has 0 aliphatic carbocycles. The molecule has 0 aromatic heterocycles. The lowest BCUT2D eigenvalue weighted by Gasteiger charge is -2.35. The lowest BCUT2D eigenvalue weighted by molar-refractivity contribution is 0.119. The lowest BCUT2D eigenvalue weighted by Crippen LogP contribution is -2.55. The van der Waals surface area contributed by atoms with Crippen LogP contribution in [0.25, 0.3) is 0 Å². The molecule has 0 bridgehead atoms. The van der Waals surface area contributed by atoms with Gasteiger partial charge in [0.15, 0.2) is 8.32 Å². The van der Waals surface area contributed by atoms with Crippen LogP contribution in [0.5, 0.6) is 0 Å². The fraction of sp³-hybridized carbons (Fsp3) is 1.00. The molecular formula is C7H20O4Si2. The Kier molecular flexibility index (Phi) is 4.77. The number of hydrogen-bond acceptors (Lipinski definition) is 4. The summed E-state index contributed by atoms with van der Waals surface area (Å²) in [4.78, 5) is 9.95. The third-order valence-corrected chi connectivity index (χ3v) is 10.5. The Hall–Kier alpha value is 0.274. The summed E-state index contributed by atoms with van der Waals surface area (Å²) in [6.07, 6.45) is 0. The topological polar surface area (TPSA) is 47.9 Å². The molecule has 6 heteroatoms. The summed E-state index contributed by atoms with van der Waals surface area (Å²) in [5.74, 6) is 0. The fourth-order valence-corrected chi connectivity index (χ4v) is 7.30. The van der Waals surface area contributed by atoms with Crippen LogP contribution in [-0.2, 0) is 13.3 Å². The fourth-order valence-electron chi connectivity index (χ4n) is 1.21. The van der Waals surface area contributed by atoms with E-state index in [1.165, 1.54) is 0 Å². The number of rotatable bonds is 5. The van der Waals surface area contributed by atoms with E-state index < -0.39 is 17.1 Å². The third-order valence-electron chi connectivity index (χ3n) is 2.44. The van der Waals surface area contributed by atoms with Crippen LogP contribution in [0.3, 0.4) is 0 Å². The van der Waals surface area contributed by atoms with Crippen LogP contribution in [0.15, 0.2) is 0 Å². The zero-order chi connectivity index (χ0) is 10.7. The second-order valence-corrected chi connectivity index (χ2v) is 11.6. The highest BCUT2D eigenvalue weighted by atomic mass is 28.4. The van der Waals surface area contributed by atoms with Gasteiger partial charge in [-0.2, -0.15) is 0 Å². The van der Waals surface area contributed by atoms with E-state index in [2.05, 4.69) is 0 Å². The summed E-state index contributed by atoms with van der Waals surface area (Å²) < 4.78 is 15.9. The highest BCUT2D eigenvalue weighted by molar-refractivity contribution is 6.86. The average molecular weight is 224 g/mol. The SMILES string of the molecule is CO[Si](OC)(OC)C(C)[Si](C)(C)O. The van der Waals surface area contributed by atoms with Gasteiger partial charge in [-0.1, -0.05) is 6.92 Å². The molecule has 0 aliphatic heterocycles. The predicted octanol–water partition coefficient (Wildman–Crippen LogP) is 0.991. The first-order valence-electron chi connectivity index (χ1n) is 4.22. The third kappa shape index (κ3) is 2.86. The first-order chi connectivity index (χ1) is 5.84. The molecule has 80 valence electrons. The molecule has 0 aromatic rings. The second kappa shape index (κ2) is 4.67. The molecule has 13 heavy (non-hydrogen) atoms. The molecule has 0 heterocycles. The molecule has 4 nitrogen and oxygen atoms in total. The normalized spacial score (nSPS) is 15.9. The average Bonchev–Trinajstić information content (AvgIpc) is 2.07. The van der Waals surface area contributed by atoms with Gasteiger partial charge in [-0.3, -0.25) is 0 Å². The van der Waals surface area contributed by atoms with E-state index >= 15 is 0 Å². The molecule has 0 aromatic carbocycles. The highest BCUT2D eigenvalue weighted by Gasteiger charge is 2.52.